The Labute approximate surface area is 153 Å². The molecule has 2 saturated heterocycles. The van der Waals surface area contributed by atoms with Crippen LogP contribution in [0, 0.1) is 0 Å². The molecular formula is C18H26N4O4. The Morgan fingerprint density at radius 3 is 2.27 bits per heavy atom. The second-order valence-electron chi connectivity index (χ2n) is 6.66. The van der Waals surface area contributed by atoms with Crippen LogP contribution in [-0.2, 0) is 9.53 Å². The molecule has 0 atom stereocenters. The highest BCUT2D eigenvalue weighted by Crippen LogP contribution is 2.18. The summed E-state index contributed by atoms with van der Waals surface area (Å²) in [6.45, 7) is 4.66. The van der Waals surface area contributed by atoms with E-state index in [1.807, 2.05) is 21.9 Å². The summed E-state index contributed by atoms with van der Waals surface area (Å²) in [5.74, 6) is -0.844. The number of carboxylic acid groups (broad SMARTS) is 1. The topological polar surface area (TPSA) is 86.2 Å². The Balaban J connectivity index is 1.40. The number of ether oxygens (including phenoxy) is 1. The van der Waals surface area contributed by atoms with Crippen molar-refractivity contribution in [2.45, 2.75) is 25.4 Å². The molecule has 0 spiro atoms. The molecule has 0 radical (unpaired) electrons. The maximum absolute atomic E-state index is 12.7. The van der Waals surface area contributed by atoms with Crippen molar-refractivity contribution in [3.63, 3.8) is 0 Å². The van der Waals surface area contributed by atoms with Gasteiger partial charge in [-0.25, -0.2) is 4.79 Å². The first-order valence-corrected chi connectivity index (χ1v) is 9.15. The molecule has 0 bridgehead atoms. The second-order valence-corrected chi connectivity index (χ2v) is 6.66. The van der Waals surface area contributed by atoms with E-state index in [1.54, 1.807) is 12.4 Å². The zero-order valence-corrected chi connectivity index (χ0v) is 14.9. The molecule has 3 heterocycles. The lowest BCUT2D eigenvalue weighted by Crippen LogP contribution is -2.54. The minimum atomic E-state index is -0.844. The van der Waals surface area contributed by atoms with Crippen molar-refractivity contribution in [3.8, 4) is 0 Å². The predicted octanol–water partition coefficient (Wildman–Crippen LogP) is 1.28. The molecule has 0 saturated carbocycles. The first kappa shape index (κ1) is 18.4. The summed E-state index contributed by atoms with van der Waals surface area (Å²) in [7, 11) is 0. The van der Waals surface area contributed by atoms with E-state index in [9.17, 15) is 9.59 Å². The van der Waals surface area contributed by atoms with Crippen LogP contribution in [0.5, 0.6) is 0 Å². The molecule has 0 aliphatic carbocycles. The zero-order chi connectivity index (χ0) is 18.4. The fraction of sp³-hybridized carbons (Fsp3) is 0.611. The van der Waals surface area contributed by atoms with Crippen LogP contribution in [0.3, 0.4) is 0 Å². The van der Waals surface area contributed by atoms with Crippen molar-refractivity contribution in [1.29, 1.82) is 0 Å². The van der Waals surface area contributed by atoms with Gasteiger partial charge in [0.1, 0.15) is 0 Å². The quantitative estimate of drug-likeness (QED) is 0.849. The van der Waals surface area contributed by atoms with Crippen LogP contribution in [0.1, 0.15) is 19.3 Å². The molecule has 2 amide bonds. The monoisotopic (exact) mass is 362 g/mol. The Bertz CT molecular complexity index is 596. The smallest absolute Gasteiger partial charge is 0.320 e. The molecule has 1 aromatic heterocycles. The fourth-order valence-electron chi connectivity index (χ4n) is 3.44. The van der Waals surface area contributed by atoms with Gasteiger partial charge in [0, 0.05) is 57.3 Å². The fourth-order valence-corrected chi connectivity index (χ4v) is 3.44. The predicted molar refractivity (Wildman–Crippen MR) is 96.2 cm³/mol. The molecule has 1 aromatic rings. The van der Waals surface area contributed by atoms with Crippen molar-refractivity contribution in [2.24, 2.45) is 0 Å². The molecule has 0 unspecified atom stereocenters. The summed E-state index contributed by atoms with van der Waals surface area (Å²) in [5, 5.41) is 8.65. The van der Waals surface area contributed by atoms with Crippen molar-refractivity contribution in [2.75, 3.05) is 50.8 Å². The number of aliphatic carboxylic acids is 1. The summed E-state index contributed by atoms with van der Waals surface area (Å²) < 4.78 is 5.59. The molecule has 2 aliphatic heterocycles. The summed E-state index contributed by atoms with van der Waals surface area (Å²) >= 11 is 0. The maximum atomic E-state index is 12.7. The van der Waals surface area contributed by atoms with E-state index in [1.165, 1.54) is 0 Å². The molecule has 2 fully saturated rings. The SMILES string of the molecule is O=C(O)CCOC1CCN(C(=O)N2CCN(c3ccncc3)CC2)CC1. The number of carbonyl (C=O) groups is 2. The number of anilines is 1. The summed E-state index contributed by atoms with van der Waals surface area (Å²) in [5.41, 5.74) is 1.14. The number of hydrogen-bond acceptors (Lipinski definition) is 5. The highest BCUT2D eigenvalue weighted by molar-refractivity contribution is 5.75. The zero-order valence-electron chi connectivity index (χ0n) is 14.9. The first-order chi connectivity index (χ1) is 12.6. The lowest BCUT2D eigenvalue weighted by molar-refractivity contribution is -0.138. The van der Waals surface area contributed by atoms with Crippen LogP contribution in [-0.4, -0.2) is 83.9 Å². The molecule has 26 heavy (non-hydrogen) atoms. The van der Waals surface area contributed by atoms with Gasteiger partial charge in [0.25, 0.3) is 0 Å². The van der Waals surface area contributed by atoms with E-state index in [0.717, 1.165) is 44.7 Å². The molecular weight excluding hydrogens is 336 g/mol. The number of rotatable bonds is 5. The summed E-state index contributed by atoms with van der Waals surface area (Å²) in [6, 6.07) is 4.09. The van der Waals surface area contributed by atoms with Gasteiger partial charge in [0.2, 0.25) is 0 Å². The van der Waals surface area contributed by atoms with E-state index in [0.29, 0.717) is 13.1 Å². The lowest BCUT2D eigenvalue weighted by atomic mass is 10.1. The number of pyridine rings is 1. The third-order valence-corrected chi connectivity index (χ3v) is 4.96. The average Bonchev–Trinajstić information content (AvgIpc) is 2.68. The standard InChI is InChI=1S/C18H26N4O4/c23-17(24)5-14-26-16-3-8-21(9-4-16)18(25)22-12-10-20(11-13-22)15-1-6-19-7-2-15/h1-2,6-7,16H,3-5,8-14H2,(H,23,24). The molecule has 142 valence electrons. The van der Waals surface area contributed by atoms with Crippen molar-refractivity contribution in [1.82, 2.24) is 14.8 Å². The minimum absolute atomic E-state index is 0.0287. The number of piperazine rings is 1. The van der Waals surface area contributed by atoms with E-state index < -0.39 is 5.97 Å². The third-order valence-electron chi connectivity index (χ3n) is 4.96. The molecule has 1 N–H and O–H groups in total. The highest BCUT2D eigenvalue weighted by atomic mass is 16.5. The Hall–Kier alpha value is -2.35. The van der Waals surface area contributed by atoms with Crippen LogP contribution in [0.15, 0.2) is 24.5 Å². The van der Waals surface area contributed by atoms with Gasteiger partial charge >= 0.3 is 12.0 Å². The average molecular weight is 362 g/mol. The van der Waals surface area contributed by atoms with Crippen molar-refractivity contribution in [3.05, 3.63) is 24.5 Å². The van der Waals surface area contributed by atoms with Gasteiger partial charge in [-0.2, -0.15) is 0 Å². The number of carboxylic acids is 1. The van der Waals surface area contributed by atoms with Crippen LogP contribution < -0.4 is 4.90 Å². The number of urea groups is 1. The number of aromatic nitrogens is 1. The lowest BCUT2D eigenvalue weighted by Gasteiger charge is -2.40. The number of piperidine rings is 1. The summed E-state index contributed by atoms with van der Waals surface area (Å²) in [4.78, 5) is 33.4. The number of likely N-dealkylation sites (tertiary alicyclic amines) is 1. The highest BCUT2D eigenvalue weighted by Gasteiger charge is 2.28. The second kappa shape index (κ2) is 8.84. The number of hydrogen-bond donors (Lipinski definition) is 1. The van der Waals surface area contributed by atoms with E-state index >= 15 is 0 Å². The normalized spacial score (nSPS) is 18.8. The van der Waals surface area contributed by atoms with Gasteiger partial charge in [0.15, 0.2) is 0 Å². The molecule has 3 rings (SSSR count). The maximum Gasteiger partial charge on any atom is 0.320 e. The van der Waals surface area contributed by atoms with E-state index in [-0.39, 0.29) is 25.2 Å². The van der Waals surface area contributed by atoms with Gasteiger partial charge in [-0.05, 0) is 25.0 Å². The number of amides is 2. The van der Waals surface area contributed by atoms with Crippen molar-refractivity contribution >= 4 is 17.7 Å². The van der Waals surface area contributed by atoms with Gasteiger partial charge < -0.3 is 24.5 Å². The Kier molecular flexibility index (Phi) is 6.27. The largest absolute Gasteiger partial charge is 0.481 e. The van der Waals surface area contributed by atoms with Gasteiger partial charge in [0.05, 0.1) is 19.1 Å². The number of nitrogens with zero attached hydrogens (tertiary/aromatic N) is 4. The third kappa shape index (κ3) is 4.85. The molecule has 8 nitrogen and oxygen atoms in total. The van der Waals surface area contributed by atoms with Gasteiger partial charge in [-0.15, -0.1) is 0 Å². The van der Waals surface area contributed by atoms with Crippen LogP contribution in [0.2, 0.25) is 0 Å². The Morgan fingerprint density at radius 1 is 1.04 bits per heavy atom. The van der Waals surface area contributed by atoms with Crippen molar-refractivity contribution < 1.29 is 19.4 Å². The van der Waals surface area contributed by atoms with E-state index in [2.05, 4.69) is 9.88 Å². The van der Waals surface area contributed by atoms with E-state index in [4.69, 9.17) is 9.84 Å². The molecule has 2 aliphatic rings. The van der Waals surface area contributed by atoms with Crippen LogP contribution in [0.25, 0.3) is 0 Å². The van der Waals surface area contributed by atoms with Gasteiger partial charge in [-0.3, -0.25) is 9.78 Å². The molecule has 0 aromatic carbocycles. The minimum Gasteiger partial charge on any atom is -0.481 e. The van der Waals surface area contributed by atoms with Crippen LogP contribution in [0.4, 0.5) is 10.5 Å². The number of carbonyl (C=O) groups excluding carboxylic acids is 1. The van der Waals surface area contributed by atoms with Crippen LogP contribution >= 0.6 is 0 Å². The van der Waals surface area contributed by atoms with Gasteiger partial charge in [-0.1, -0.05) is 0 Å². The molecule has 8 heteroatoms. The Morgan fingerprint density at radius 2 is 1.65 bits per heavy atom. The first-order valence-electron chi connectivity index (χ1n) is 9.15. The summed E-state index contributed by atoms with van der Waals surface area (Å²) in [6.07, 6.45) is 5.19.